The number of fused-ring (bicyclic) bond motifs is 1. The number of aryl methyl sites for hydroxylation is 1. The van der Waals surface area contributed by atoms with Gasteiger partial charge < -0.3 is 10.2 Å². The maximum Gasteiger partial charge on any atom is 0.216 e. The van der Waals surface area contributed by atoms with Gasteiger partial charge in [-0.3, -0.25) is 4.90 Å². The lowest BCUT2D eigenvalue weighted by atomic mass is 10.1. The maximum absolute atomic E-state index is 9.41. The standard InChI is InChI=1S/C28H31N7S/c1-20-7-6-10-21(17-20)25-26(30-24-11-4-5-12-24)35-27(31-25)36-28(32-35)34-15-13-33(14-16-34)19-23-9-3-2-8-22(23)18-29/h2-3,6-10,17,24,30H,4-5,11-16,19H2,1H3. The van der Waals surface area contributed by atoms with Gasteiger partial charge in [0.05, 0.1) is 11.6 Å². The molecule has 1 aliphatic heterocycles. The third-order valence-electron chi connectivity index (χ3n) is 7.35. The van der Waals surface area contributed by atoms with Gasteiger partial charge in [0.25, 0.3) is 0 Å². The number of anilines is 2. The van der Waals surface area contributed by atoms with Crippen LogP contribution >= 0.6 is 11.3 Å². The highest BCUT2D eigenvalue weighted by Gasteiger charge is 2.26. The Morgan fingerprint density at radius 3 is 2.64 bits per heavy atom. The molecule has 4 aromatic rings. The van der Waals surface area contributed by atoms with E-state index in [0.717, 1.165) is 71.0 Å². The summed E-state index contributed by atoms with van der Waals surface area (Å²) < 4.78 is 2.03. The zero-order valence-corrected chi connectivity index (χ0v) is 21.5. The molecule has 3 heterocycles. The van der Waals surface area contributed by atoms with Crippen molar-refractivity contribution in [3.63, 3.8) is 0 Å². The number of rotatable bonds is 6. The molecule has 0 amide bonds. The van der Waals surface area contributed by atoms with Crippen molar-refractivity contribution < 1.29 is 0 Å². The van der Waals surface area contributed by atoms with Crippen molar-refractivity contribution in [2.75, 3.05) is 36.4 Å². The highest BCUT2D eigenvalue weighted by Crippen LogP contribution is 2.35. The fourth-order valence-electron chi connectivity index (χ4n) is 5.36. The second kappa shape index (κ2) is 9.92. The van der Waals surface area contributed by atoms with Gasteiger partial charge in [0, 0.05) is 44.3 Å². The van der Waals surface area contributed by atoms with E-state index in [4.69, 9.17) is 10.1 Å². The first-order valence-corrected chi connectivity index (χ1v) is 13.7. The number of nitrogens with zero attached hydrogens (tertiary/aromatic N) is 6. The van der Waals surface area contributed by atoms with Gasteiger partial charge in [0.15, 0.2) is 5.82 Å². The van der Waals surface area contributed by atoms with E-state index in [9.17, 15) is 5.26 Å². The van der Waals surface area contributed by atoms with E-state index in [1.54, 1.807) is 11.3 Å². The summed E-state index contributed by atoms with van der Waals surface area (Å²) >= 11 is 1.67. The highest BCUT2D eigenvalue weighted by molar-refractivity contribution is 7.20. The molecule has 1 N–H and O–H groups in total. The Bertz CT molecular complexity index is 1400. The van der Waals surface area contributed by atoms with Gasteiger partial charge >= 0.3 is 0 Å². The highest BCUT2D eigenvalue weighted by atomic mass is 32.1. The maximum atomic E-state index is 9.41. The van der Waals surface area contributed by atoms with E-state index in [-0.39, 0.29) is 0 Å². The summed E-state index contributed by atoms with van der Waals surface area (Å²) in [5.41, 5.74) is 5.25. The fraction of sp³-hybridized carbons (Fsp3) is 0.393. The molecule has 2 aliphatic rings. The van der Waals surface area contributed by atoms with Crippen molar-refractivity contribution in [2.24, 2.45) is 0 Å². The van der Waals surface area contributed by atoms with Crippen LogP contribution < -0.4 is 10.2 Å². The summed E-state index contributed by atoms with van der Waals surface area (Å²) in [5.74, 6) is 1.02. The van der Waals surface area contributed by atoms with E-state index in [2.05, 4.69) is 58.4 Å². The molecule has 8 heteroatoms. The van der Waals surface area contributed by atoms with Gasteiger partial charge in [-0.05, 0) is 37.5 Å². The van der Waals surface area contributed by atoms with Crippen LogP contribution in [0.5, 0.6) is 0 Å². The van der Waals surface area contributed by atoms with Crippen LogP contribution in [-0.2, 0) is 6.54 Å². The number of nitriles is 1. The Morgan fingerprint density at radius 1 is 1.06 bits per heavy atom. The lowest BCUT2D eigenvalue weighted by Crippen LogP contribution is -2.46. The lowest BCUT2D eigenvalue weighted by molar-refractivity contribution is 0.249. The molecule has 184 valence electrons. The lowest BCUT2D eigenvalue weighted by Gasteiger charge is -2.34. The quantitative estimate of drug-likeness (QED) is 0.389. The molecule has 6 rings (SSSR count). The van der Waals surface area contributed by atoms with Gasteiger partial charge in [0.2, 0.25) is 10.1 Å². The second-order valence-electron chi connectivity index (χ2n) is 9.92. The van der Waals surface area contributed by atoms with Crippen molar-refractivity contribution >= 4 is 27.2 Å². The monoisotopic (exact) mass is 497 g/mol. The number of hydrogen-bond donors (Lipinski definition) is 1. The van der Waals surface area contributed by atoms with E-state index >= 15 is 0 Å². The molecule has 2 fully saturated rings. The van der Waals surface area contributed by atoms with Gasteiger partial charge in [-0.1, -0.05) is 66.1 Å². The SMILES string of the molecule is Cc1cccc(-c2nc3sc(N4CCN(Cc5ccccc5C#N)CC4)nn3c2NC2CCCC2)c1. The Labute approximate surface area is 216 Å². The summed E-state index contributed by atoms with van der Waals surface area (Å²) in [6.07, 6.45) is 4.97. The molecule has 1 aliphatic carbocycles. The summed E-state index contributed by atoms with van der Waals surface area (Å²) in [4.78, 5) is 10.8. The van der Waals surface area contributed by atoms with Crippen LogP contribution in [0.3, 0.4) is 0 Å². The van der Waals surface area contributed by atoms with Crippen LogP contribution in [0.15, 0.2) is 48.5 Å². The van der Waals surface area contributed by atoms with Gasteiger partial charge in [-0.25, -0.2) is 4.98 Å². The average Bonchev–Trinajstić information content (AvgIpc) is 3.63. The molecule has 0 unspecified atom stereocenters. The largest absolute Gasteiger partial charge is 0.365 e. The van der Waals surface area contributed by atoms with Crippen molar-refractivity contribution in [1.29, 1.82) is 5.26 Å². The number of hydrogen-bond acceptors (Lipinski definition) is 7. The molecular weight excluding hydrogens is 466 g/mol. The minimum absolute atomic E-state index is 0.485. The molecule has 7 nitrogen and oxygen atoms in total. The number of imidazole rings is 1. The molecule has 36 heavy (non-hydrogen) atoms. The second-order valence-corrected chi connectivity index (χ2v) is 10.8. The van der Waals surface area contributed by atoms with E-state index in [1.165, 1.54) is 31.2 Å². The van der Waals surface area contributed by atoms with E-state index in [1.807, 2.05) is 22.7 Å². The van der Waals surface area contributed by atoms with Crippen molar-refractivity contribution in [3.8, 4) is 17.3 Å². The predicted octanol–water partition coefficient (Wildman–Crippen LogP) is 5.31. The molecule has 0 atom stereocenters. The molecular formula is C28H31N7S. The molecule has 1 saturated heterocycles. The number of benzene rings is 2. The van der Waals surface area contributed by atoms with Crippen molar-refractivity contribution in [3.05, 3.63) is 65.2 Å². The van der Waals surface area contributed by atoms with Crippen LogP contribution in [0, 0.1) is 18.3 Å². The third kappa shape index (κ3) is 4.57. The third-order valence-corrected chi connectivity index (χ3v) is 8.32. The summed E-state index contributed by atoms with van der Waals surface area (Å²) in [7, 11) is 0. The topological polar surface area (TPSA) is 72.5 Å². The molecule has 0 spiro atoms. The zero-order valence-electron chi connectivity index (χ0n) is 20.7. The number of aromatic nitrogens is 3. The molecule has 2 aromatic heterocycles. The van der Waals surface area contributed by atoms with Crippen molar-refractivity contribution in [2.45, 2.75) is 45.2 Å². The van der Waals surface area contributed by atoms with Crippen LogP contribution in [-0.4, -0.2) is 51.7 Å². The zero-order chi connectivity index (χ0) is 24.5. The van der Waals surface area contributed by atoms with Gasteiger partial charge in [-0.2, -0.15) is 9.78 Å². The van der Waals surface area contributed by atoms with Crippen LogP contribution in [0.4, 0.5) is 10.9 Å². The number of nitrogens with one attached hydrogen (secondary N) is 1. The van der Waals surface area contributed by atoms with Crippen LogP contribution in [0.1, 0.15) is 42.4 Å². The normalized spacial score (nSPS) is 17.1. The predicted molar refractivity (Wildman–Crippen MR) is 146 cm³/mol. The first kappa shape index (κ1) is 23.0. The van der Waals surface area contributed by atoms with E-state index in [0.29, 0.717) is 6.04 Å². The first-order valence-electron chi connectivity index (χ1n) is 12.9. The Hall–Kier alpha value is -3.41. The number of piperazine rings is 1. The average molecular weight is 498 g/mol. The Kier molecular flexibility index (Phi) is 6.34. The Morgan fingerprint density at radius 2 is 1.86 bits per heavy atom. The minimum Gasteiger partial charge on any atom is -0.365 e. The fourth-order valence-corrected chi connectivity index (χ4v) is 6.31. The Balaban J connectivity index is 1.22. The minimum atomic E-state index is 0.485. The summed E-state index contributed by atoms with van der Waals surface area (Å²) in [6.45, 7) is 6.67. The van der Waals surface area contributed by atoms with Gasteiger partial charge in [0.1, 0.15) is 5.69 Å². The molecule has 0 bridgehead atoms. The van der Waals surface area contributed by atoms with Gasteiger partial charge in [-0.15, -0.1) is 5.10 Å². The van der Waals surface area contributed by atoms with E-state index < -0.39 is 0 Å². The van der Waals surface area contributed by atoms with Crippen LogP contribution in [0.25, 0.3) is 16.2 Å². The summed E-state index contributed by atoms with van der Waals surface area (Å²) in [6, 6.07) is 19.3. The molecule has 1 saturated carbocycles. The van der Waals surface area contributed by atoms with Crippen LogP contribution in [0.2, 0.25) is 0 Å². The van der Waals surface area contributed by atoms with Crippen molar-refractivity contribution in [1.82, 2.24) is 19.5 Å². The summed E-state index contributed by atoms with van der Waals surface area (Å²) in [5, 5.41) is 19.3. The first-order chi connectivity index (χ1) is 17.7. The molecule has 2 aromatic carbocycles. The molecule has 0 radical (unpaired) electrons. The smallest absolute Gasteiger partial charge is 0.216 e.